The molecule has 3 nitrogen and oxygen atoms in total. The maximum atomic E-state index is 12.1. The lowest BCUT2D eigenvalue weighted by Crippen LogP contribution is -2.20. The number of benzene rings is 2. The average molecular weight is 223 g/mol. The van der Waals surface area contributed by atoms with Gasteiger partial charge in [0.15, 0.2) is 11.6 Å². The summed E-state index contributed by atoms with van der Waals surface area (Å²) in [7, 11) is 0. The summed E-state index contributed by atoms with van der Waals surface area (Å²) < 4.78 is 0. The van der Waals surface area contributed by atoms with Crippen molar-refractivity contribution in [1.82, 2.24) is 0 Å². The molecule has 3 heteroatoms. The first-order valence-electron chi connectivity index (χ1n) is 5.12. The van der Waals surface area contributed by atoms with Crippen molar-refractivity contribution in [3.63, 3.8) is 0 Å². The van der Waals surface area contributed by atoms with Gasteiger partial charge in [-0.25, -0.2) is 0 Å². The summed E-state index contributed by atoms with van der Waals surface area (Å²) in [5.74, 6) is -0.609. The monoisotopic (exact) mass is 223 g/mol. The zero-order chi connectivity index (χ0) is 12.0. The minimum absolute atomic E-state index is 0.135. The second kappa shape index (κ2) is 3.28. The van der Waals surface area contributed by atoms with Crippen molar-refractivity contribution < 1.29 is 14.7 Å². The predicted molar refractivity (Wildman–Crippen MR) is 60.2 cm³/mol. The van der Waals surface area contributed by atoms with E-state index in [1.54, 1.807) is 24.3 Å². The van der Waals surface area contributed by atoms with Crippen LogP contribution in [0, 0.1) is 6.07 Å². The molecule has 1 radical (unpaired) electrons. The van der Waals surface area contributed by atoms with E-state index < -0.39 is 0 Å². The molecule has 0 atom stereocenters. The van der Waals surface area contributed by atoms with E-state index in [0.717, 1.165) is 0 Å². The van der Waals surface area contributed by atoms with Gasteiger partial charge in [-0.2, -0.15) is 0 Å². The van der Waals surface area contributed by atoms with Crippen LogP contribution < -0.4 is 0 Å². The standard InChI is InChI=1S/C14H7O3/c15-8-5-6-11-12(7-8)14(17)10-4-2-1-3-9(10)13(11)16/h1-6,15H. The third-order valence-corrected chi connectivity index (χ3v) is 2.82. The van der Waals surface area contributed by atoms with Gasteiger partial charge in [0.2, 0.25) is 0 Å². The van der Waals surface area contributed by atoms with E-state index in [1.165, 1.54) is 12.1 Å². The van der Waals surface area contributed by atoms with Crippen LogP contribution in [0.2, 0.25) is 0 Å². The lowest BCUT2D eigenvalue weighted by molar-refractivity contribution is 0.0978. The summed E-state index contributed by atoms with van der Waals surface area (Å²) in [5, 5.41) is 9.32. The number of ketones is 2. The molecule has 1 N–H and O–H groups in total. The Labute approximate surface area is 97.3 Å². The van der Waals surface area contributed by atoms with E-state index in [4.69, 9.17) is 0 Å². The average Bonchev–Trinajstić information content (AvgIpc) is 2.36. The van der Waals surface area contributed by atoms with Gasteiger partial charge in [0.25, 0.3) is 0 Å². The summed E-state index contributed by atoms with van der Waals surface area (Å²) in [6, 6.07) is 12.0. The van der Waals surface area contributed by atoms with E-state index in [-0.39, 0.29) is 22.9 Å². The van der Waals surface area contributed by atoms with Gasteiger partial charge < -0.3 is 5.11 Å². The van der Waals surface area contributed by atoms with Crippen molar-refractivity contribution in [1.29, 1.82) is 0 Å². The first kappa shape index (κ1) is 9.78. The zero-order valence-electron chi connectivity index (χ0n) is 8.73. The molecule has 0 amide bonds. The molecule has 1 aliphatic rings. The Balaban J connectivity index is 2.33. The van der Waals surface area contributed by atoms with Crippen LogP contribution in [-0.4, -0.2) is 16.7 Å². The van der Waals surface area contributed by atoms with E-state index in [0.29, 0.717) is 16.7 Å². The predicted octanol–water partition coefficient (Wildman–Crippen LogP) is 1.97. The van der Waals surface area contributed by atoms with Gasteiger partial charge in [0.05, 0.1) is 0 Å². The van der Waals surface area contributed by atoms with Crippen molar-refractivity contribution in [2.75, 3.05) is 0 Å². The minimum atomic E-state index is -0.272. The maximum absolute atomic E-state index is 12.1. The number of rotatable bonds is 0. The number of aromatic hydroxyl groups is 1. The first-order chi connectivity index (χ1) is 8.18. The topological polar surface area (TPSA) is 54.4 Å². The fourth-order valence-electron chi connectivity index (χ4n) is 2.01. The molecule has 17 heavy (non-hydrogen) atoms. The lowest BCUT2D eigenvalue weighted by Gasteiger charge is -2.16. The fraction of sp³-hybridized carbons (Fsp3) is 0. The van der Waals surface area contributed by atoms with Crippen LogP contribution in [0.25, 0.3) is 0 Å². The zero-order valence-corrected chi connectivity index (χ0v) is 8.73. The lowest BCUT2D eigenvalue weighted by atomic mass is 9.84. The van der Waals surface area contributed by atoms with Crippen LogP contribution in [0.4, 0.5) is 0 Å². The molecular weight excluding hydrogens is 216 g/mol. The Kier molecular flexibility index (Phi) is 1.89. The molecule has 0 aromatic heterocycles. The Bertz CT molecular complexity index is 656. The van der Waals surface area contributed by atoms with Crippen LogP contribution in [0.1, 0.15) is 31.8 Å². The number of hydrogen-bond donors (Lipinski definition) is 1. The SMILES string of the molecule is O=C1c2[c]c(O)ccc2C(=O)c2ccccc21. The largest absolute Gasteiger partial charge is 0.507 e. The van der Waals surface area contributed by atoms with E-state index >= 15 is 0 Å². The van der Waals surface area contributed by atoms with Crippen LogP contribution >= 0.6 is 0 Å². The van der Waals surface area contributed by atoms with Crippen LogP contribution in [0.15, 0.2) is 36.4 Å². The summed E-state index contributed by atoms with van der Waals surface area (Å²) in [6.07, 6.45) is 0. The van der Waals surface area contributed by atoms with Crippen molar-refractivity contribution in [3.8, 4) is 5.75 Å². The van der Waals surface area contributed by atoms with Crippen molar-refractivity contribution >= 4 is 11.6 Å². The number of carbonyl (C=O) groups excluding carboxylic acids is 2. The second-order valence-corrected chi connectivity index (χ2v) is 3.84. The number of phenolic OH excluding ortho intramolecular Hbond substituents is 1. The van der Waals surface area contributed by atoms with Gasteiger partial charge in [-0.15, -0.1) is 0 Å². The molecule has 0 unspecified atom stereocenters. The third kappa shape index (κ3) is 1.29. The van der Waals surface area contributed by atoms with Crippen LogP contribution in [0.5, 0.6) is 5.75 Å². The molecule has 2 aromatic rings. The van der Waals surface area contributed by atoms with Gasteiger partial charge >= 0.3 is 0 Å². The minimum Gasteiger partial charge on any atom is -0.507 e. The quantitative estimate of drug-likeness (QED) is 0.633. The molecule has 0 heterocycles. The van der Waals surface area contributed by atoms with Gasteiger partial charge in [0.1, 0.15) is 5.75 Å². The number of hydrogen-bond acceptors (Lipinski definition) is 3. The van der Waals surface area contributed by atoms with Gasteiger partial charge in [-0.3, -0.25) is 9.59 Å². The van der Waals surface area contributed by atoms with Crippen LogP contribution in [-0.2, 0) is 0 Å². The third-order valence-electron chi connectivity index (χ3n) is 2.82. The second-order valence-electron chi connectivity index (χ2n) is 3.84. The molecule has 0 fully saturated rings. The molecule has 0 spiro atoms. The van der Waals surface area contributed by atoms with Crippen molar-refractivity contribution in [2.24, 2.45) is 0 Å². The molecule has 0 bridgehead atoms. The maximum Gasteiger partial charge on any atom is 0.195 e. The van der Waals surface area contributed by atoms with Gasteiger partial charge in [-0.1, -0.05) is 24.3 Å². The van der Waals surface area contributed by atoms with Gasteiger partial charge in [-0.05, 0) is 12.1 Å². The smallest absolute Gasteiger partial charge is 0.195 e. The molecule has 1 aliphatic carbocycles. The Hall–Kier alpha value is -2.42. The highest BCUT2D eigenvalue weighted by atomic mass is 16.3. The molecular formula is C14H7O3. The molecule has 0 aliphatic heterocycles. The summed E-state index contributed by atoms with van der Waals surface area (Å²) in [4.78, 5) is 24.2. The molecule has 0 saturated carbocycles. The van der Waals surface area contributed by atoms with Gasteiger partial charge in [0, 0.05) is 28.3 Å². The highest BCUT2D eigenvalue weighted by molar-refractivity contribution is 6.28. The molecule has 2 aromatic carbocycles. The Morgan fingerprint density at radius 3 is 2.18 bits per heavy atom. The molecule has 81 valence electrons. The summed E-state index contributed by atoms with van der Waals surface area (Å²) >= 11 is 0. The highest BCUT2D eigenvalue weighted by Crippen LogP contribution is 2.28. The highest BCUT2D eigenvalue weighted by Gasteiger charge is 2.29. The number of fused-ring (bicyclic) bond motifs is 2. The summed E-state index contributed by atoms with van der Waals surface area (Å²) in [5.41, 5.74) is 1.22. The number of carbonyl (C=O) groups is 2. The van der Waals surface area contributed by atoms with E-state index in [9.17, 15) is 14.7 Å². The molecule has 3 rings (SSSR count). The molecule has 0 saturated heterocycles. The normalized spacial score (nSPS) is 13.2. The van der Waals surface area contributed by atoms with Crippen molar-refractivity contribution in [3.05, 3.63) is 64.7 Å². The van der Waals surface area contributed by atoms with E-state index in [2.05, 4.69) is 6.07 Å². The Morgan fingerprint density at radius 1 is 0.824 bits per heavy atom. The first-order valence-corrected chi connectivity index (χ1v) is 5.12. The fourth-order valence-corrected chi connectivity index (χ4v) is 2.01. The summed E-state index contributed by atoms with van der Waals surface area (Å²) in [6.45, 7) is 0. The van der Waals surface area contributed by atoms with E-state index in [1.807, 2.05) is 0 Å². The Morgan fingerprint density at radius 2 is 1.47 bits per heavy atom. The van der Waals surface area contributed by atoms with Crippen molar-refractivity contribution in [2.45, 2.75) is 0 Å². The number of phenols is 1. The van der Waals surface area contributed by atoms with Crippen LogP contribution in [0.3, 0.4) is 0 Å².